The number of ether oxygens (including phenoxy) is 1. The van der Waals surface area contributed by atoms with Gasteiger partial charge in [-0.3, -0.25) is 4.79 Å². The SMILES string of the molecule is CC1=C(C(=O)OC(C)(C)C)[C@@H](c2cccc(Cl)c2)CC(=O)N1Cc1cccc(F)c1. The lowest BCUT2D eigenvalue weighted by atomic mass is 9.83. The van der Waals surface area contributed by atoms with E-state index in [0.717, 1.165) is 5.56 Å². The van der Waals surface area contributed by atoms with Crippen molar-refractivity contribution in [2.75, 3.05) is 0 Å². The molecule has 0 aromatic heterocycles. The monoisotopic (exact) mass is 429 g/mol. The van der Waals surface area contributed by atoms with Crippen LogP contribution in [0.25, 0.3) is 0 Å². The molecule has 1 heterocycles. The smallest absolute Gasteiger partial charge is 0.336 e. The number of allylic oxidation sites excluding steroid dienone is 1. The van der Waals surface area contributed by atoms with Gasteiger partial charge in [0.25, 0.3) is 0 Å². The third-order valence-electron chi connectivity index (χ3n) is 4.92. The number of benzene rings is 2. The molecule has 0 fully saturated rings. The molecule has 1 amide bonds. The van der Waals surface area contributed by atoms with Gasteiger partial charge in [0.15, 0.2) is 0 Å². The van der Waals surface area contributed by atoms with E-state index in [4.69, 9.17) is 16.3 Å². The molecule has 0 saturated carbocycles. The predicted molar refractivity (Wildman–Crippen MR) is 114 cm³/mol. The summed E-state index contributed by atoms with van der Waals surface area (Å²) in [5, 5.41) is 0.531. The van der Waals surface area contributed by atoms with Crippen LogP contribution in [0.5, 0.6) is 0 Å². The third kappa shape index (κ3) is 5.08. The third-order valence-corrected chi connectivity index (χ3v) is 5.16. The van der Waals surface area contributed by atoms with Gasteiger partial charge < -0.3 is 9.64 Å². The maximum atomic E-state index is 13.6. The molecule has 0 unspecified atom stereocenters. The van der Waals surface area contributed by atoms with Crippen molar-refractivity contribution in [1.82, 2.24) is 4.90 Å². The summed E-state index contributed by atoms with van der Waals surface area (Å²) in [6.45, 7) is 7.30. The molecule has 6 heteroatoms. The van der Waals surface area contributed by atoms with Crippen LogP contribution in [-0.2, 0) is 20.9 Å². The first-order valence-corrected chi connectivity index (χ1v) is 10.2. The molecule has 0 bridgehead atoms. The first-order chi connectivity index (χ1) is 14.0. The minimum Gasteiger partial charge on any atom is -0.457 e. The van der Waals surface area contributed by atoms with E-state index in [9.17, 15) is 14.0 Å². The van der Waals surface area contributed by atoms with Crippen LogP contribution in [0.2, 0.25) is 5.02 Å². The van der Waals surface area contributed by atoms with Crippen molar-refractivity contribution in [2.45, 2.75) is 52.2 Å². The first kappa shape index (κ1) is 22.0. The number of amides is 1. The summed E-state index contributed by atoms with van der Waals surface area (Å²) >= 11 is 6.16. The fraction of sp³-hybridized carbons (Fsp3) is 0.333. The summed E-state index contributed by atoms with van der Waals surface area (Å²) in [5.41, 5.74) is 1.67. The fourth-order valence-corrected chi connectivity index (χ4v) is 3.83. The molecule has 1 aliphatic rings. The molecule has 3 rings (SSSR count). The quantitative estimate of drug-likeness (QED) is 0.593. The lowest BCUT2D eigenvalue weighted by Crippen LogP contribution is -2.39. The van der Waals surface area contributed by atoms with Gasteiger partial charge in [-0.05, 0) is 63.1 Å². The van der Waals surface area contributed by atoms with E-state index in [1.54, 1.807) is 58.0 Å². The van der Waals surface area contributed by atoms with Crippen molar-refractivity contribution in [2.24, 2.45) is 0 Å². The molecule has 4 nitrogen and oxygen atoms in total. The highest BCUT2D eigenvalue weighted by Gasteiger charge is 2.38. The molecule has 0 N–H and O–H groups in total. The van der Waals surface area contributed by atoms with Crippen molar-refractivity contribution in [3.05, 3.63) is 81.8 Å². The van der Waals surface area contributed by atoms with Gasteiger partial charge in [-0.25, -0.2) is 9.18 Å². The lowest BCUT2D eigenvalue weighted by molar-refractivity contribution is -0.150. The van der Waals surface area contributed by atoms with Gasteiger partial charge in [0, 0.05) is 23.1 Å². The maximum absolute atomic E-state index is 13.6. The van der Waals surface area contributed by atoms with Gasteiger partial charge in [0.1, 0.15) is 11.4 Å². The van der Waals surface area contributed by atoms with Crippen molar-refractivity contribution in [3.63, 3.8) is 0 Å². The van der Waals surface area contributed by atoms with Gasteiger partial charge in [-0.2, -0.15) is 0 Å². The molecule has 0 saturated heterocycles. The van der Waals surface area contributed by atoms with Crippen LogP contribution >= 0.6 is 11.6 Å². The number of halogens is 2. The van der Waals surface area contributed by atoms with Gasteiger partial charge >= 0.3 is 5.97 Å². The van der Waals surface area contributed by atoms with Crippen molar-refractivity contribution >= 4 is 23.5 Å². The Kier molecular flexibility index (Phi) is 6.32. The molecular weight excluding hydrogens is 405 g/mol. The highest BCUT2D eigenvalue weighted by atomic mass is 35.5. The summed E-state index contributed by atoms with van der Waals surface area (Å²) in [4.78, 5) is 27.7. The highest BCUT2D eigenvalue weighted by Crippen LogP contribution is 2.39. The van der Waals surface area contributed by atoms with Gasteiger partial charge in [0.2, 0.25) is 5.91 Å². The number of hydrogen-bond acceptors (Lipinski definition) is 3. The zero-order chi connectivity index (χ0) is 22.1. The number of nitrogens with zero attached hydrogens (tertiary/aromatic N) is 1. The number of hydrogen-bond donors (Lipinski definition) is 0. The molecule has 2 aromatic rings. The average Bonchev–Trinajstić information content (AvgIpc) is 2.63. The molecule has 158 valence electrons. The highest BCUT2D eigenvalue weighted by molar-refractivity contribution is 6.30. The Balaban J connectivity index is 2.06. The standard InChI is InChI=1S/C24H25ClFNO3/c1-15-22(23(29)30-24(2,3)4)20(17-8-6-9-18(25)12-17)13-21(28)27(15)14-16-7-5-10-19(26)11-16/h5-12,20H,13-14H2,1-4H3/t20-/m1/s1. The minimum absolute atomic E-state index is 0.0988. The van der Waals surface area contributed by atoms with Crippen molar-refractivity contribution in [3.8, 4) is 0 Å². The topological polar surface area (TPSA) is 46.6 Å². The Morgan fingerprint density at radius 3 is 2.53 bits per heavy atom. The van der Waals surface area contributed by atoms with E-state index in [2.05, 4.69) is 0 Å². The summed E-state index contributed by atoms with van der Waals surface area (Å²) in [6, 6.07) is 13.2. The number of rotatable bonds is 4. The summed E-state index contributed by atoms with van der Waals surface area (Å²) < 4.78 is 19.3. The van der Waals surface area contributed by atoms with Gasteiger partial charge in [-0.15, -0.1) is 0 Å². The Morgan fingerprint density at radius 2 is 1.90 bits per heavy atom. The van der Waals surface area contributed by atoms with Crippen LogP contribution in [0.1, 0.15) is 51.2 Å². The van der Waals surface area contributed by atoms with Gasteiger partial charge in [0.05, 0.1) is 12.1 Å². The van der Waals surface area contributed by atoms with E-state index >= 15 is 0 Å². The van der Waals surface area contributed by atoms with E-state index < -0.39 is 17.5 Å². The van der Waals surface area contributed by atoms with E-state index in [-0.39, 0.29) is 24.7 Å². The summed E-state index contributed by atoms with van der Waals surface area (Å²) in [7, 11) is 0. The summed E-state index contributed by atoms with van der Waals surface area (Å²) in [5.74, 6) is -1.45. The van der Waals surface area contributed by atoms with Gasteiger partial charge in [-0.1, -0.05) is 35.9 Å². The lowest BCUT2D eigenvalue weighted by Gasteiger charge is -2.35. The second-order valence-corrected chi connectivity index (χ2v) is 8.86. The normalized spacial score (nSPS) is 17.3. The Labute approximate surface area is 181 Å². The largest absolute Gasteiger partial charge is 0.457 e. The first-order valence-electron chi connectivity index (χ1n) is 9.79. The van der Waals surface area contributed by atoms with Crippen LogP contribution in [-0.4, -0.2) is 22.4 Å². The average molecular weight is 430 g/mol. The second kappa shape index (κ2) is 8.60. The molecular formula is C24H25ClFNO3. The number of esters is 1. The van der Waals surface area contributed by atoms with E-state index in [0.29, 0.717) is 21.9 Å². The van der Waals surface area contributed by atoms with Crippen LogP contribution in [0.15, 0.2) is 59.8 Å². The maximum Gasteiger partial charge on any atom is 0.336 e. The van der Waals surface area contributed by atoms with E-state index in [1.165, 1.54) is 17.0 Å². The molecule has 2 aromatic carbocycles. The van der Waals surface area contributed by atoms with Crippen LogP contribution in [0.3, 0.4) is 0 Å². The second-order valence-electron chi connectivity index (χ2n) is 8.42. The molecule has 0 spiro atoms. The number of carbonyl (C=O) groups is 2. The summed E-state index contributed by atoms with van der Waals surface area (Å²) in [6.07, 6.45) is 0.0988. The van der Waals surface area contributed by atoms with Crippen molar-refractivity contribution < 1.29 is 18.7 Å². The Morgan fingerprint density at radius 1 is 1.20 bits per heavy atom. The van der Waals surface area contributed by atoms with Crippen LogP contribution in [0.4, 0.5) is 4.39 Å². The van der Waals surface area contributed by atoms with Crippen molar-refractivity contribution in [1.29, 1.82) is 0 Å². The Bertz CT molecular complexity index is 1010. The van der Waals surface area contributed by atoms with E-state index in [1.807, 2.05) is 6.07 Å². The molecule has 0 radical (unpaired) electrons. The predicted octanol–water partition coefficient (Wildman–Crippen LogP) is 5.61. The zero-order valence-electron chi connectivity index (χ0n) is 17.5. The zero-order valence-corrected chi connectivity index (χ0v) is 18.3. The number of carbonyl (C=O) groups excluding carboxylic acids is 2. The molecule has 0 aliphatic carbocycles. The fourth-order valence-electron chi connectivity index (χ4n) is 3.63. The molecule has 30 heavy (non-hydrogen) atoms. The minimum atomic E-state index is -0.682. The molecule has 1 atom stereocenters. The van der Waals surface area contributed by atoms with Crippen LogP contribution in [0, 0.1) is 5.82 Å². The molecule has 1 aliphatic heterocycles. The van der Waals surface area contributed by atoms with Crippen LogP contribution < -0.4 is 0 Å². The Hall–Kier alpha value is -2.66.